The first-order valence-electron chi connectivity index (χ1n) is 9.68. The lowest BCUT2D eigenvalue weighted by Gasteiger charge is -2.28. The third kappa shape index (κ3) is 3.85. The summed E-state index contributed by atoms with van der Waals surface area (Å²) in [6, 6.07) is 23.0. The zero-order valence-electron chi connectivity index (χ0n) is 16.8. The molecule has 152 valence electrons. The molecule has 5 heteroatoms. The van der Waals surface area contributed by atoms with Gasteiger partial charge in [-0.25, -0.2) is 0 Å². The topological polar surface area (TPSA) is 40.5 Å². The van der Waals surface area contributed by atoms with E-state index in [9.17, 15) is 9.90 Å². The van der Waals surface area contributed by atoms with Crippen LogP contribution in [0.25, 0.3) is 5.57 Å². The summed E-state index contributed by atoms with van der Waals surface area (Å²) in [7, 11) is 0. The molecule has 0 bridgehead atoms. The fourth-order valence-corrected chi connectivity index (χ4v) is 4.44. The van der Waals surface area contributed by atoms with E-state index in [2.05, 4.69) is 0 Å². The Morgan fingerprint density at radius 3 is 2.30 bits per heavy atom. The number of aliphatic hydroxyl groups excluding tert-OH is 1. The zero-order chi connectivity index (χ0) is 21.3. The van der Waals surface area contributed by atoms with Gasteiger partial charge in [-0.05, 0) is 48.1 Å². The second-order valence-corrected chi connectivity index (χ2v) is 8.62. The molecule has 0 saturated carbocycles. The van der Waals surface area contributed by atoms with Gasteiger partial charge in [0, 0.05) is 22.0 Å². The van der Waals surface area contributed by atoms with Crippen LogP contribution in [-0.4, -0.2) is 22.2 Å². The Labute approximate surface area is 186 Å². The van der Waals surface area contributed by atoms with Crippen molar-refractivity contribution < 1.29 is 9.90 Å². The molecule has 3 aromatic rings. The molecule has 0 spiro atoms. The largest absolute Gasteiger partial charge is 0.503 e. The number of amides is 1. The van der Waals surface area contributed by atoms with Gasteiger partial charge >= 0.3 is 0 Å². The van der Waals surface area contributed by atoms with E-state index >= 15 is 0 Å². The Hall–Kier alpha value is -2.69. The van der Waals surface area contributed by atoms with E-state index in [1.54, 1.807) is 16.7 Å². The number of nitrogens with zero attached hydrogens (tertiary/aromatic N) is 1. The lowest BCUT2D eigenvalue weighted by molar-refractivity contribution is -0.130. The monoisotopic (exact) mass is 435 g/mol. The molecule has 1 aliphatic rings. The van der Waals surface area contributed by atoms with Gasteiger partial charge < -0.3 is 10.0 Å². The molecule has 1 heterocycles. The standard InChI is InChI=1S/C25H22ClNO2S/c1-16-7-11-18(12-8-16)22-23(20-5-3-4-6-21(20)26)27(25(29)24(22)28)15-17-9-13-19(30-2)14-10-17/h3-14,23,28H,15H2,1-2H3/t23-/m0/s1. The van der Waals surface area contributed by atoms with Crippen molar-refractivity contribution in [3.05, 3.63) is 106 Å². The van der Waals surface area contributed by atoms with E-state index in [0.29, 0.717) is 17.1 Å². The van der Waals surface area contributed by atoms with Gasteiger partial charge in [0.2, 0.25) is 0 Å². The molecule has 1 amide bonds. The maximum atomic E-state index is 13.1. The molecule has 4 rings (SSSR count). The molecule has 0 aliphatic carbocycles. The van der Waals surface area contributed by atoms with Gasteiger partial charge in [0.25, 0.3) is 5.91 Å². The van der Waals surface area contributed by atoms with Gasteiger partial charge in [-0.2, -0.15) is 0 Å². The number of aliphatic hydroxyl groups is 1. The number of benzene rings is 3. The highest BCUT2D eigenvalue weighted by atomic mass is 35.5. The minimum absolute atomic E-state index is 0.218. The number of aryl methyl sites for hydroxylation is 1. The third-order valence-corrected chi connectivity index (χ3v) is 6.47. The Bertz CT molecular complexity index is 1110. The number of hydrogen-bond donors (Lipinski definition) is 1. The van der Waals surface area contributed by atoms with Gasteiger partial charge in [0.15, 0.2) is 5.76 Å². The van der Waals surface area contributed by atoms with Crippen molar-refractivity contribution in [3.8, 4) is 0 Å². The molecular weight excluding hydrogens is 414 g/mol. The minimum atomic E-state index is -0.464. The van der Waals surface area contributed by atoms with Gasteiger partial charge in [-0.15, -0.1) is 11.8 Å². The second kappa shape index (κ2) is 8.58. The number of carbonyl (C=O) groups is 1. The quantitative estimate of drug-likeness (QED) is 0.470. The summed E-state index contributed by atoms with van der Waals surface area (Å²) in [5.74, 6) is -0.603. The molecule has 1 atom stereocenters. The van der Waals surface area contributed by atoms with Crippen LogP contribution in [0.15, 0.2) is 83.5 Å². The molecule has 1 aliphatic heterocycles. The molecule has 0 saturated heterocycles. The first kappa shape index (κ1) is 20.6. The highest BCUT2D eigenvalue weighted by molar-refractivity contribution is 7.98. The van der Waals surface area contributed by atoms with Crippen molar-refractivity contribution in [1.29, 1.82) is 0 Å². The lowest BCUT2D eigenvalue weighted by atomic mass is 9.93. The van der Waals surface area contributed by atoms with Crippen LogP contribution >= 0.6 is 23.4 Å². The predicted molar refractivity (Wildman–Crippen MR) is 124 cm³/mol. The third-order valence-electron chi connectivity index (χ3n) is 5.38. The summed E-state index contributed by atoms with van der Waals surface area (Å²) < 4.78 is 0. The average molecular weight is 436 g/mol. The van der Waals surface area contributed by atoms with Gasteiger partial charge in [0.05, 0.1) is 6.04 Å². The Morgan fingerprint density at radius 2 is 1.67 bits per heavy atom. The van der Waals surface area contributed by atoms with E-state index in [1.165, 1.54) is 0 Å². The normalized spacial score (nSPS) is 16.4. The van der Waals surface area contributed by atoms with Crippen molar-refractivity contribution in [2.24, 2.45) is 0 Å². The van der Waals surface area contributed by atoms with Crippen LogP contribution in [0.3, 0.4) is 0 Å². The predicted octanol–water partition coefficient (Wildman–Crippen LogP) is 6.42. The summed E-state index contributed by atoms with van der Waals surface area (Å²) in [5.41, 5.74) is 4.32. The fraction of sp³-hybridized carbons (Fsp3) is 0.160. The maximum absolute atomic E-state index is 13.1. The average Bonchev–Trinajstić information content (AvgIpc) is 3.00. The summed E-state index contributed by atoms with van der Waals surface area (Å²) in [5, 5.41) is 11.4. The van der Waals surface area contributed by atoms with E-state index in [4.69, 9.17) is 11.6 Å². The van der Waals surface area contributed by atoms with Crippen LogP contribution in [0.2, 0.25) is 5.02 Å². The van der Waals surface area contributed by atoms with Crippen molar-refractivity contribution in [1.82, 2.24) is 4.90 Å². The Morgan fingerprint density at radius 1 is 1.00 bits per heavy atom. The number of rotatable bonds is 5. The minimum Gasteiger partial charge on any atom is -0.503 e. The highest BCUT2D eigenvalue weighted by Gasteiger charge is 2.41. The van der Waals surface area contributed by atoms with Crippen LogP contribution < -0.4 is 0 Å². The fourth-order valence-electron chi connectivity index (χ4n) is 3.79. The molecular formula is C25H22ClNO2S. The van der Waals surface area contributed by atoms with Crippen molar-refractivity contribution >= 4 is 34.8 Å². The second-order valence-electron chi connectivity index (χ2n) is 7.33. The van der Waals surface area contributed by atoms with Crippen molar-refractivity contribution in [3.63, 3.8) is 0 Å². The molecule has 30 heavy (non-hydrogen) atoms. The van der Waals surface area contributed by atoms with E-state index in [0.717, 1.165) is 27.1 Å². The van der Waals surface area contributed by atoms with Gasteiger partial charge in [-0.3, -0.25) is 4.79 Å². The first-order chi connectivity index (χ1) is 14.5. The van der Waals surface area contributed by atoms with Crippen molar-refractivity contribution in [2.75, 3.05) is 6.26 Å². The molecule has 0 radical (unpaired) electrons. The number of carbonyl (C=O) groups excluding carboxylic acids is 1. The molecule has 0 aromatic heterocycles. The SMILES string of the molecule is CSc1ccc(CN2C(=O)C(O)=C(c3ccc(C)cc3)[C@@H]2c2ccccc2Cl)cc1. The van der Waals surface area contributed by atoms with Gasteiger partial charge in [0.1, 0.15) is 0 Å². The van der Waals surface area contributed by atoms with Crippen molar-refractivity contribution in [2.45, 2.75) is 24.4 Å². The number of halogens is 1. The number of thioether (sulfide) groups is 1. The highest BCUT2D eigenvalue weighted by Crippen LogP contribution is 2.45. The summed E-state index contributed by atoms with van der Waals surface area (Å²) in [6.07, 6.45) is 2.03. The smallest absolute Gasteiger partial charge is 0.290 e. The summed E-state index contributed by atoms with van der Waals surface area (Å²) in [4.78, 5) is 16.0. The van der Waals surface area contributed by atoms with E-state index in [1.807, 2.05) is 86.0 Å². The van der Waals surface area contributed by atoms with Crippen LogP contribution in [0.5, 0.6) is 0 Å². The van der Waals surface area contributed by atoms with Crippen LogP contribution in [-0.2, 0) is 11.3 Å². The Balaban J connectivity index is 1.80. The Kier molecular flexibility index (Phi) is 5.89. The summed E-state index contributed by atoms with van der Waals surface area (Å²) >= 11 is 8.21. The summed E-state index contributed by atoms with van der Waals surface area (Å²) in [6.45, 7) is 2.39. The van der Waals surface area contributed by atoms with Crippen LogP contribution in [0.4, 0.5) is 0 Å². The molecule has 3 nitrogen and oxygen atoms in total. The molecule has 1 N–H and O–H groups in total. The number of hydrogen-bond acceptors (Lipinski definition) is 3. The zero-order valence-corrected chi connectivity index (χ0v) is 18.4. The maximum Gasteiger partial charge on any atom is 0.290 e. The first-order valence-corrected chi connectivity index (χ1v) is 11.3. The lowest BCUT2D eigenvalue weighted by Crippen LogP contribution is -2.30. The molecule has 3 aromatic carbocycles. The van der Waals surface area contributed by atoms with E-state index in [-0.39, 0.29) is 11.7 Å². The molecule has 0 fully saturated rings. The van der Waals surface area contributed by atoms with Gasteiger partial charge in [-0.1, -0.05) is 71.8 Å². The van der Waals surface area contributed by atoms with Crippen LogP contribution in [0.1, 0.15) is 28.3 Å². The van der Waals surface area contributed by atoms with E-state index < -0.39 is 6.04 Å². The van der Waals surface area contributed by atoms with Crippen LogP contribution in [0, 0.1) is 6.92 Å². The molecule has 0 unspecified atom stereocenters.